The summed E-state index contributed by atoms with van der Waals surface area (Å²) in [6.07, 6.45) is 2.14. The van der Waals surface area contributed by atoms with Crippen LogP contribution < -0.4 is 15.8 Å². The minimum Gasteiger partial charge on any atom is -0.354 e. The third kappa shape index (κ3) is 3.54. The Morgan fingerprint density at radius 1 is 1.08 bits per heavy atom. The second-order valence-electron chi connectivity index (χ2n) is 6.89. The van der Waals surface area contributed by atoms with Gasteiger partial charge in [-0.05, 0) is 12.5 Å². The third-order valence-electron chi connectivity index (χ3n) is 5.20. The Bertz CT molecular complexity index is 760. The molecule has 2 saturated heterocycles. The van der Waals surface area contributed by atoms with E-state index in [1.807, 2.05) is 31.2 Å². The van der Waals surface area contributed by atoms with E-state index in [-0.39, 0.29) is 18.0 Å². The van der Waals surface area contributed by atoms with Gasteiger partial charge in [-0.2, -0.15) is 0 Å². The molecule has 0 radical (unpaired) electrons. The Hall–Kier alpha value is -2.51. The Balaban J connectivity index is 1.47. The van der Waals surface area contributed by atoms with Crippen LogP contribution in [0.5, 0.6) is 0 Å². The van der Waals surface area contributed by atoms with Crippen LogP contribution in [0.1, 0.15) is 23.7 Å². The average molecular weight is 352 g/mol. The van der Waals surface area contributed by atoms with Crippen molar-refractivity contribution in [2.75, 3.05) is 31.1 Å². The zero-order valence-corrected chi connectivity index (χ0v) is 14.9. The molecule has 7 heteroatoms. The van der Waals surface area contributed by atoms with Crippen molar-refractivity contribution in [1.82, 2.24) is 25.7 Å². The normalized spacial score (nSPS) is 24.3. The van der Waals surface area contributed by atoms with Gasteiger partial charge in [-0.15, -0.1) is 0 Å². The van der Waals surface area contributed by atoms with Gasteiger partial charge >= 0.3 is 0 Å². The van der Waals surface area contributed by atoms with Crippen molar-refractivity contribution < 1.29 is 4.79 Å². The average Bonchev–Trinajstić information content (AvgIpc) is 2.69. The number of nitrogens with zero attached hydrogens (tertiary/aromatic N) is 4. The fraction of sp³-hybridized carbons (Fsp3) is 0.421. The van der Waals surface area contributed by atoms with Crippen molar-refractivity contribution in [3.63, 3.8) is 0 Å². The van der Waals surface area contributed by atoms with Crippen molar-refractivity contribution in [1.29, 1.82) is 0 Å². The number of rotatable bonds is 3. The van der Waals surface area contributed by atoms with Crippen molar-refractivity contribution >= 4 is 11.7 Å². The van der Waals surface area contributed by atoms with Crippen molar-refractivity contribution in [3.8, 4) is 0 Å². The molecule has 2 aliphatic heterocycles. The highest BCUT2D eigenvalue weighted by Gasteiger charge is 2.35. The summed E-state index contributed by atoms with van der Waals surface area (Å²) in [5.74, 6) is 1.03. The Kier molecular flexibility index (Phi) is 4.81. The summed E-state index contributed by atoms with van der Waals surface area (Å²) in [6, 6.07) is 12.6. The minimum absolute atomic E-state index is 0.0519. The van der Waals surface area contributed by atoms with Gasteiger partial charge in [0.1, 0.15) is 12.1 Å². The summed E-state index contributed by atoms with van der Waals surface area (Å²) in [4.78, 5) is 25.3. The number of carbonyl (C=O) groups excluding carboxylic acids is 1. The smallest absolute Gasteiger partial charge is 0.235 e. The molecule has 1 amide bonds. The molecule has 4 rings (SSSR count). The zero-order valence-electron chi connectivity index (χ0n) is 14.9. The summed E-state index contributed by atoms with van der Waals surface area (Å²) >= 11 is 0. The van der Waals surface area contributed by atoms with Gasteiger partial charge in [0, 0.05) is 50.4 Å². The van der Waals surface area contributed by atoms with E-state index in [4.69, 9.17) is 0 Å². The molecule has 136 valence electrons. The van der Waals surface area contributed by atoms with Gasteiger partial charge in [-0.3, -0.25) is 15.1 Å². The van der Waals surface area contributed by atoms with Crippen LogP contribution in [0.4, 0.5) is 5.82 Å². The first kappa shape index (κ1) is 16.9. The lowest BCUT2D eigenvalue weighted by Gasteiger charge is -2.44. The molecule has 2 N–H and O–H groups in total. The molecule has 2 aliphatic rings. The van der Waals surface area contributed by atoms with E-state index in [1.54, 1.807) is 6.33 Å². The number of aromatic nitrogens is 2. The maximum absolute atomic E-state index is 12.0. The van der Waals surface area contributed by atoms with Crippen molar-refractivity contribution in [3.05, 3.63) is 54.0 Å². The van der Waals surface area contributed by atoms with E-state index in [9.17, 15) is 4.79 Å². The maximum Gasteiger partial charge on any atom is 0.235 e. The first-order valence-corrected chi connectivity index (χ1v) is 9.07. The second kappa shape index (κ2) is 7.39. The van der Waals surface area contributed by atoms with Crippen LogP contribution >= 0.6 is 0 Å². The highest BCUT2D eigenvalue weighted by molar-refractivity contribution is 5.77. The highest BCUT2D eigenvalue weighted by atomic mass is 16.2. The molecule has 0 bridgehead atoms. The van der Waals surface area contributed by atoms with E-state index < -0.39 is 0 Å². The predicted molar refractivity (Wildman–Crippen MR) is 99.4 cm³/mol. The zero-order chi connectivity index (χ0) is 17.9. The topological polar surface area (TPSA) is 73.4 Å². The van der Waals surface area contributed by atoms with Gasteiger partial charge in [0.05, 0.1) is 6.04 Å². The van der Waals surface area contributed by atoms with Crippen molar-refractivity contribution in [2.45, 2.75) is 25.4 Å². The summed E-state index contributed by atoms with van der Waals surface area (Å²) in [7, 11) is 0. The molecule has 3 heterocycles. The number of hydrazine groups is 1. The van der Waals surface area contributed by atoms with Crippen LogP contribution in [0.25, 0.3) is 0 Å². The fourth-order valence-electron chi connectivity index (χ4n) is 3.82. The van der Waals surface area contributed by atoms with E-state index in [0.29, 0.717) is 6.42 Å². The van der Waals surface area contributed by atoms with Crippen LogP contribution in [-0.2, 0) is 4.79 Å². The number of carbonyl (C=O) groups is 1. The highest BCUT2D eigenvalue weighted by Crippen LogP contribution is 2.27. The van der Waals surface area contributed by atoms with Gasteiger partial charge in [-0.25, -0.2) is 15.4 Å². The number of amides is 1. The molecule has 2 atom stereocenters. The monoisotopic (exact) mass is 352 g/mol. The number of hydrogen-bond donors (Lipinski definition) is 2. The Morgan fingerprint density at radius 2 is 1.85 bits per heavy atom. The van der Waals surface area contributed by atoms with Crippen LogP contribution in [0.15, 0.2) is 42.7 Å². The standard InChI is InChI=1S/C19H24N6O/c1-14-11-17(21-13-20-14)25-9-7-24(8-10-25)16-12-18(26)22-23-19(16)15-5-3-2-4-6-15/h2-6,11,13,16,19,23H,7-10,12H2,1H3,(H,22,26). The van der Waals surface area contributed by atoms with E-state index >= 15 is 0 Å². The molecule has 0 spiro atoms. The Labute approximate surface area is 153 Å². The molecule has 7 nitrogen and oxygen atoms in total. The number of piperazine rings is 1. The molecule has 2 fully saturated rings. The summed E-state index contributed by atoms with van der Waals surface area (Å²) in [5, 5.41) is 0. The molecular formula is C19H24N6O. The van der Waals surface area contributed by atoms with Gasteiger partial charge < -0.3 is 4.90 Å². The van der Waals surface area contributed by atoms with Gasteiger partial charge in [0.25, 0.3) is 0 Å². The van der Waals surface area contributed by atoms with Crippen LogP contribution in [0, 0.1) is 6.92 Å². The SMILES string of the molecule is Cc1cc(N2CCN(C3CC(=O)NNC3c3ccccc3)CC2)ncn1. The number of nitrogens with one attached hydrogen (secondary N) is 2. The molecular weight excluding hydrogens is 328 g/mol. The molecule has 0 aliphatic carbocycles. The van der Waals surface area contributed by atoms with Gasteiger partial charge in [0.2, 0.25) is 5.91 Å². The lowest BCUT2D eigenvalue weighted by atomic mass is 9.93. The van der Waals surface area contributed by atoms with E-state index in [1.165, 1.54) is 5.56 Å². The van der Waals surface area contributed by atoms with Crippen LogP contribution in [0.3, 0.4) is 0 Å². The maximum atomic E-state index is 12.0. The minimum atomic E-state index is 0.0519. The Morgan fingerprint density at radius 3 is 2.58 bits per heavy atom. The number of hydrogen-bond acceptors (Lipinski definition) is 6. The third-order valence-corrected chi connectivity index (χ3v) is 5.20. The molecule has 2 aromatic rings. The molecule has 1 aromatic heterocycles. The molecule has 26 heavy (non-hydrogen) atoms. The van der Waals surface area contributed by atoms with Gasteiger partial charge in [0.15, 0.2) is 0 Å². The number of anilines is 1. The largest absolute Gasteiger partial charge is 0.354 e. The van der Waals surface area contributed by atoms with E-state index in [2.05, 4.69) is 42.8 Å². The molecule has 2 unspecified atom stereocenters. The number of aryl methyl sites for hydroxylation is 1. The number of benzene rings is 1. The lowest BCUT2D eigenvalue weighted by molar-refractivity contribution is -0.126. The van der Waals surface area contributed by atoms with Crippen LogP contribution in [-0.4, -0.2) is 53.0 Å². The predicted octanol–water partition coefficient (Wildman–Crippen LogP) is 1.04. The summed E-state index contributed by atoms with van der Waals surface area (Å²) in [5.41, 5.74) is 8.19. The fourth-order valence-corrected chi connectivity index (χ4v) is 3.82. The summed E-state index contributed by atoms with van der Waals surface area (Å²) in [6.45, 7) is 5.60. The molecule has 1 aromatic carbocycles. The first-order chi connectivity index (χ1) is 12.7. The lowest BCUT2D eigenvalue weighted by Crippen LogP contribution is -2.60. The van der Waals surface area contributed by atoms with E-state index in [0.717, 1.165) is 37.7 Å². The van der Waals surface area contributed by atoms with Crippen molar-refractivity contribution in [2.24, 2.45) is 0 Å². The molecule has 0 saturated carbocycles. The van der Waals surface area contributed by atoms with Crippen LogP contribution in [0.2, 0.25) is 0 Å². The quantitative estimate of drug-likeness (QED) is 0.860. The first-order valence-electron chi connectivity index (χ1n) is 9.07. The summed E-state index contributed by atoms with van der Waals surface area (Å²) < 4.78 is 0. The second-order valence-corrected chi connectivity index (χ2v) is 6.89. The van der Waals surface area contributed by atoms with Gasteiger partial charge in [-0.1, -0.05) is 30.3 Å².